The molecule has 3 nitrogen and oxygen atoms in total. The SMILES string of the molecule is O=C(NCCN1CCC(CCc2ccccc2)CC1)c1ccccc1-c1ccccc1. The van der Waals surface area contributed by atoms with Crippen molar-refractivity contribution in [3.05, 3.63) is 96.1 Å². The number of carbonyl (C=O) groups excluding carboxylic acids is 1. The smallest absolute Gasteiger partial charge is 0.251 e. The number of hydrogen-bond acceptors (Lipinski definition) is 2. The molecule has 0 unspecified atom stereocenters. The second-order valence-corrected chi connectivity index (χ2v) is 8.48. The summed E-state index contributed by atoms with van der Waals surface area (Å²) in [4.78, 5) is 15.3. The Bertz CT molecular complexity index is 947. The zero-order chi connectivity index (χ0) is 21.3. The van der Waals surface area contributed by atoms with Gasteiger partial charge in [0.15, 0.2) is 0 Å². The number of carbonyl (C=O) groups is 1. The third kappa shape index (κ3) is 6.05. The summed E-state index contributed by atoms with van der Waals surface area (Å²) in [6, 6.07) is 28.8. The van der Waals surface area contributed by atoms with E-state index < -0.39 is 0 Å². The maximum atomic E-state index is 12.8. The maximum absolute atomic E-state index is 12.8. The molecule has 1 aliphatic rings. The molecule has 3 aromatic rings. The minimum atomic E-state index is 0.0113. The van der Waals surface area contributed by atoms with Gasteiger partial charge in [-0.05, 0) is 67.4 Å². The molecule has 1 amide bonds. The Morgan fingerprint density at radius 2 is 1.48 bits per heavy atom. The fourth-order valence-corrected chi connectivity index (χ4v) is 4.49. The van der Waals surface area contributed by atoms with Crippen LogP contribution in [0.3, 0.4) is 0 Å². The second kappa shape index (κ2) is 10.9. The summed E-state index contributed by atoms with van der Waals surface area (Å²) >= 11 is 0. The predicted octanol–water partition coefficient (Wildman–Crippen LogP) is 5.43. The van der Waals surface area contributed by atoms with Gasteiger partial charge in [0.25, 0.3) is 5.91 Å². The summed E-state index contributed by atoms with van der Waals surface area (Å²) in [6.45, 7) is 3.88. The molecule has 0 atom stereocenters. The number of likely N-dealkylation sites (tertiary alicyclic amines) is 1. The lowest BCUT2D eigenvalue weighted by Crippen LogP contribution is -2.39. The van der Waals surface area contributed by atoms with Crippen molar-refractivity contribution in [1.82, 2.24) is 10.2 Å². The average Bonchev–Trinajstić information content (AvgIpc) is 2.85. The van der Waals surface area contributed by atoms with Crippen LogP contribution in [-0.4, -0.2) is 37.0 Å². The molecular weight excluding hydrogens is 380 g/mol. The number of rotatable bonds is 8. The Morgan fingerprint density at radius 1 is 0.839 bits per heavy atom. The first-order valence-corrected chi connectivity index (χ1v) is 11.5. The average molecular weight is 413 g/mol. The first-order valence-electron chi connectivity index (χ1n) is 11.5. The molecule has 1 aliphatic heterocycles. The second-order valence-electron chi connectivity index (χ2n) is 8.48. The minimum Gasteiger partial charge on any atom is -0.351 e. The molecule has 0 aromatic heterocycles. The number of piperidine rings is 1. The monoisotopic (exact) mass is 412 g/mol. The van der Waals surface area contributed by atoms with Gasteiger partial charge >= 0.3 is 0 Å². The van der Waals surface area contributed by atoms with E-state index >= 15 is 0 Å². The molecule has 0 saturated carbocycles. The van der Waals surface area contributed by atoms with Gasteiger partial charge in [-0.3, -0.25) is 4.79 Å². The Balaban J connectivity index is 1.21. The zero-order valence-electron chi connectivity index (χ0n) is 18.2. The first-order chi connectivity index (χ1) is 15.3. The molecule has 0 bridgehead atoms. The molecule has 0 spiro atoms. The van der Waals surface area contributed by atoms with E-state index in [1.165, 1.54) is 31.2 Å². The van der Waals surface area contributed by atoms with Crippen LogP contribution >= 0.6 is 0 Å². The molecule has 4 rings (SSSR count). The molecule has 31 heavy (non-hydrogen) atoms. The third-order valence-corrected chi connectivity index (χ3v) is 6.36. The number of amides is 1. The molecule has 1 fully saturated rings. The summed E-state index contributed by atoms with van der Waals surface area (Å²) in [7, 11) is 0. The van der Waals surface area contributed by atoms with Crippen LogP contribution < -0.4 is 5.32 Å². The van der Waals surface area contributed by atoms with Gasteiger partial charge in [-0.1, -0.05) is 78.9 Å². The Hall–Kier alpha value is -2.91. The van der Waals surface area contributed by atoms with Crippen LogP contribution in [-0.2, 0) is 6.42 Å². The van der Waals surface area contributed by atoms with Crippen LogP contribution in [0.15, 0.2) is 84.9 Å². The predicted molar refractivity (Wildman–Crippen MR) is 128 cm³/mol. The Kier molecular flexibility index (Phi) is 7.51. The van der Waals surface area contributed by atoms with Gasteiger partial charge in [0.05, 0.1) is 0 Å². The van der Waals surface area contributed by atoms with E-state index in [0.717, 1.165) is 42.2 Å². The van der Waals surface area contributed by atoms with Gasteiger partial charge < -0.3 is 10.2 Å². The Morgan fingerprint density at radius 3 is 2.23 bits per heavy atom. The highest BCUT2D eigenvalue weighted by Gasteiger charge is 2.19. The standard InChI is InChI=1S/C28H32N2O/c31-28(27-14-8-7-13-26(27)25-11-5-2-6-12-25)29-19-22-30-20-17-24(18-21-30)16-15-23-9-3-1-4-10-23/h1-14,24H,15-22H2,(H,29,31). The molecule has 1 heterocycles. The van der Waals surface area contributed by atoms with Crippen LogP contribution in [0.4, 0.5) is 0 Å². The van der Waals surface area contributed by atoms with Crippen LogP contribution in [0.2, 0.25) is 0 Å². The maximum Gasteiger partial charge on any atom is 0.251 e. The van der Waals surface area contributed by atoms with Gasteiger partial charge in [-0.15, -0.1) is 0 Å². The number of nitrogens with one attached hydrogen (secondary N) is 1. The molecule has 0 radical (unpaired) electrons. The largest absolute Gasteiger partial charge is 0.351 e. The molecular formula is C28H32N2O. The summed E-state index contributed by atoms with van der Waals surface area (Å²) < 4.78 is 0. The molecule has 1 N–H and O–H groups in total. The summed E-state index contributed by atoms with van der Waals surface area (Å²) in [5.74, 6) is 0.834. The number of benzene rings is 3. The van der Waals surface area contributed by atoms with Crippen LogP contribution in [0.5, 0.6) is 0 Å². The first kappa shape index (κ1) is 21.3. The fraction of sp³-hybridized carbons (Fsp3) is 0.321. The van der Waals surface area contributed by atoms with Crippen molar-refractivity contribution < 1.29 is 4.79 Å². The van der Waals surface area contributed by atoms with E-state index in [9.17, 15) is 4.79 Å². The number of hydrogen-bond donors (Lipinski definition) is 1. The van der Waals surface area contributed by atoms with Crippen LogP contribution in [0.25, 0.3) is 11.1 Å². The fourth-order valence-electron chi connectivity index (χ4n) is 4.49. The van der Waals surface area contributed by atoms with Crippen molar-refractivity contribution in [2.45, 2.75) is 25.7 Å². The minimum absolute atomic E-state index is 0.0113. The quantitative estimate of drug-likeness (QED) is 0.535. The van der Waals surface area contributed by atoms with Crippen molar-refractivity contribution in [1.29, 1.82) is 0 Å². The van der Waals surface area contributed by atoms with Crippen molar-refractivity contribution in [2.24, 2.45) is 5.92 Å². The summed E-state index contributed by atoms with van der Waals surface area (Å²) in [5.41, 5.74) is 4.25. The van der Waals surface area contributed by atoms with Crippen molar-refractivity contribution in [2.75, 3.05) is 26.2 Å². The van der Waals surface area contributed by atoms with E-state index in [0.29, 0.717) is 6.54 Å². The summed E-state index contributed by atoms with van der Waals surface area (Å²) in [5, 5.41) is 3.13. The topological polar surface area (TPSA) is 32.3 Å². The molecule has 160 valence electrons. The molecule has 1 saturated heterocycles. The third-order valence-electron chi connectivity index (χ3n) is 6.36. The number of aryl methyl sites for hydroxylation is 1. The van der Waals surface area contributed by atoms with Crippen LogP contribution in [0, 0.1) is 5.92 Å². The lowest BCUT2D eigenvalue weighted by atomic mass is 9.90. The highest BCUT2D eigenvalue weighted by atomic mass is 16.1. The van der Waals surface area contributed by atoms with Crippen molar-refractivity contribution in [3.8, 4) is 11.1 Å². The van der Waals surface area contributed by atoms with Gasteiger partial charge in [-0.25, -0.2) is 0 Å². The molecule has 3 aromatic carbocycles. The van der Waals surface area contributed by atoms with E-state index in [-0.39, 0.29) is 5.91 Å². The lowest BCUT2D eigenvalue weighted by molar-refractivity contribution is 0.0944. The molecule has 3 heteroatoms. The van der Waals surface area contributed by atoms with Crippen LogP contribution in [0.1, 0.15) is 35.2 Å². The number of nitrogens with zero attached hydrogens (tertiary/aromatic N) is 1. The van der Waals surface area contributed by atoms with Gasteiger partial charge in [-0.2, -0.15) is 0 Å². The van der Waals surface area contributed by atoms with E-state index in [1.807, 2.05) is 54.6 Å². The van der Waals surface area contributed by atoms with Gasteiger partial charge in [0, 0.05) is 18.7 Å². The van der Waals surface area contributed by atoms with E-state index in [4.69, 9.17) is 0 Å². The Labute approximate surface area is 186 Å². The highest BCUT2D eigenvalue weighted by molar-refractivity contribution is 6.00. The summed E-state index contributed by atoms with van der Waals surface area (Å²) in [6.07, 6.45) is 4.99. The normalized spacial score (nSPS) is 15.0. The zero-order valence-corrected chi connectivity index (χ0v) is 18.2. The van der Waals surface area contributed by atoms with Gasteiger partial charge in [0.1, 0.15) is 0 Å². The van der Waals surface area contributed by atoms with Crippen molar-refractivity contribution in [3.63, 3.8) is 0 Å². The highest BCUT2D eigenvalue weighted by Crippen LogP contribution is 2.24. The van der Waals surface area contributed by atoms with Gasteiger partial charge in [0.2, 0.25) is 0 Å². The lowest BCUT2D eigenvalue weighted by Gasteiger charge is -2.32. The molecule has 0 aliphatic carbocycles. The van der Waals surface area contributed by atoms with Crippen molar-refractivity contribution >= 4 is 5.91 Å². The van der Waals surface area contributed by atoms with E-state index in [1.54, 1.807) is 0 Å². The van der Waals surface area contributed by atoms with E-state index in [2.05, 4.69) is 40.5 Å².